The molecule has 6 heteroatoms. The molecule has 1 aromatic heterocycles. The Morgan fingerprint density at radius 1 is 1.11 bits per heavy atom. The lowest BCUT2D eigenvalue weighted by Crippen LogP contribution is -2.36. The van der Waals surface area contributed by atoms with E-state index in [2.05, 4.69) is 10.3 Å². The summed E-state index contributed by atoms with van der Waals surface area (Å²) in [6.07, 6.45) is -0.166. The number of hydrogen-bond donors (Lipinski definition) is 1. The van der Waals surface area contributed by atoms with Gasteiger partial charge >= 0.3 is 5.97 Å². The van der Waals surface area contributed by atoms with E-state index in [9.17, 15) is 9.59 Å². The molecule has 2 aromatic carbocycles. The van der Waals surface area contributed by atoms with Gasteiger partial charge in [0.2, 0.25) is 0 Å². The monoisotopic (exact) mass is 382 g/mol. The number of ether oxygens (including phenoxy) is 1. The summed E-state index contributed by atoms with van der Waals surface area (Å²) < 4.78 is 5.28. The van der Waals surface area contributed by atoms with E-state index in [4.69, 9.17) is 16.3 Å². The molecule has 138 valence electrons. The van der Waals surface area contributed by atoms with E-state index in [0.29, 0.717) is 29.2 Å². The Kier molecular flexibility index (Phi) is 6.04. The zero-order valence-electron chi connectivity index (χ0n) is 14.8. The van der Waals surface area contributed by atoms with E-state index in [-0.39, 0.29) is 5.91 Å². The minimum atomic E-state index is -0.882. The van der Waals surface area contributed by atoms with Gasteiger partial charge in [0.1, 0.15) is 5.15 Å². The number of nitrogens with one attached hydrogen (secondary N) is 1. The van der Waals surface area contributed by atoms with Gasteiger partial charge in [-0.1, -0.05) is 41.9 Å². The van der Waals surface area contributed by atoms with Gasteiger partial charge < -0.3 is 10.1 Å². The zero-order chi connectivity index (χ0) is 19.2. The third-order valence-corrected chi connectivity index (χ3v) is 4.31. The van der Waals surface area contributed by atoms with Crippen molar-refractivity contribution in [1.82, 2.24) is 10.3 Å². The number of hydrogen-bond acceptors (Lipinski definition) is 4. The average Bonchev–Trinajstić information content (AvgIpc) is 2.68. The SMILES string of the molecule is CC(OC(=O)c1ccc2nc(Cl)ccc2c1)C(=O)NCCc1ccccc1. The van der Waals surface area contributed by atoms with Crippen LogP contribution in [0.15, 0.2) is 60.7 Å². The molecule has 0 aliphatic rings. The average molecular weight is 383 g/mol. The fourth-order valence-corrected chi connectivity index (χ4v) is 2.78. The minimum Gasteiger partial charge on any atom is -0.449 e. The Labute approximate surface area is 162 Å². The molecule has 0 aliphatic heterocycles. The van der Waals surface area contributed by atoms with Crippen LogP contribution in [0, 0.1) is 0 Å². The van der Waals surface area contributed by atoms with Crippen molar-refractivity contribution in [1.29, 1.82) is 0 Å². The van der Waals surface area contributed by atoms with Gasteiger partial charge in [-0.2, -0.15) is 0 Å². The Balaban J connectivity index is 1.55. The van der Waals surface area contributed by atoms with Gasteiger partial charge in [-0.3, -0.25) is 4.79 Å². The van der Waals surface area contributed by atoms with Crippen molar-refractivity contribution in [3.05, 3.63) is 76.9 Å². The predicted octanol–water partition coefficient (Wildman–Crippen LogP) is 3.79. The van der Waals surface area contributed by atoms with Gasteiger partial charge in [-0.15, -0.1) is 0 Å². The number of amides is 1. The molecule has 1 N–H and O–H groups in total. The van der Waals surface area contributed by atoms with Crippen LogP contribution in [0.1, 0.15) is 22.8 Å². The fourth-order valence-electron chi connectivity index (χ4n) is 2.63. The lowest BCUT2D eigenvalue weighted by Gasteiger charge is -2.14. The lowest BCUT2D eigenvalue weighted by atomic mass is 10.1. The van der Waals surface area contributed by atoms with Crippen LogP contribution < -0.4 is 5.32 Å². The Hall–Kier alpha value is -2.92. The van der Waals surface area contributed by atoms with E-state index >= 15 is 0 Å². The number of nitrogens with zero attached hydrogens (tertiary/aromatic N) is 1. The van der Waals surface area contributed by atoms with Crippen LogP contribution in [-0.4, -0.2) is 29.5 Å². The standard InChI is InChI=1S/C21H19ClN2O3/c1-14(20(25)23-12-11-15-5-3-2-4-6-15)27-21(26)17-7-9-18-16(13-17)8-10-19(22)24-18/h2-10,13-14H,11-12H2,1H3,(H,23,25). The van der Waals surface area contributed by atoms with Gasteiger partial charge in [0.05, 0.1) is 11.1 Å². The largest absolute Gasteiger partial charge is 0.449 e. The predicted molar refractivity (Wildman–Crippen MR) is 105 cm³/mol. The maximum absolute atomic E-state index is 12.3. The molecule has 0 radical (unpaired) electrons. The molecule has 3 rings (SSSR count). The summed E-state index contributed by atoms with van der Waals surface area (Å²) in [7, 11) is 0. The number of fused-ring (bicyclic) bond motifs is 1. The van der Waals surface area contributed by atoms with Crippen molar-refractivity contribution < 1.29 is 14.3 Å². The van der Waals surface area contributed by atoms with Crippen LogP contribution >= 0.6 is 11.6 Å². The van der Waals surface area contributed by atoms with Crippen LogP contribution in [0.3, 0.4) is 0 Å². The Morgan fingerprint density at radius 3 is 2.67 bits per heavy atom. The highest BCUT2D eigenvalue weighted by molar-refractivity contribution is 6.29. The van der Waals surface area contributed by atoms with Gasteiger partial charge in [-0.25, -0.2) is 9.78 Å². The molecule has 1 heterocycles. The number of aromatic nitrogens is 1. The van der Waals surface area contributed by atoms with Crippen molar-refractivity contribution in [3.63, 3.8) is 0 Å². The summed E-state index contributed by atoms with van der Waals surface area (Å²) in [5.74, 6) is -0.883. The second-order valence-corrected chi connectivity index (χ2v) is 6.50. The molecule has 0 spiro atoms. The molecule has 0 fully saturated rings. The second-order valence-electron chi connectivity index (χ2n) is 6.12. The normalized spacial score (nSPS) is 11.8. The minimum absolute atomic E-state index is 0.325. The third kappa shape index (κ3) is 5.05. The smallest absolute Gasteiger partial charge is 0.338 e. The molecule has 3 aromatic rings. The molecule has 0 aliphatic carbocycles. The maximum Gasteiger partial charge on any atom is 0.338 e. The van der Waals surface area contributed by atoms with E-state index in [1.165, 1.54) is 0 Å². The Morgan fingerprint density at radius 2 is 1.89 bits per heavy atom. The first-order valence-corrected chi connectivity index (χ1v) is 8.99. The molecule has 0 bridgehead atoms. The molecule has 0 saturated heterocycles. The summed E-state index contributed by atoms with van der Waals surface area (Å²) in [4.78, 5) is 28.6. The van der Waals surface area contributed by atoms with E-state index in [1.807, 2.05) is 30.3 Å². The summed E-state index contributed by atoms with van der Waals surface area (Å²) in [5.41, 5.74) is 2.17. The van der Waals surface area contributed by atoms with E-state index < -0.39 is 12.1 Å². The van der Waals surface area contributed by atoms with E-state index in [0.717, 1.165) is 10.9 Å². The van der Waals surface area contributed by atoms with Crippen molar-refractivity contribution in [2.75, 3.05) is 6.54 Å². The highest BCUT2D eigenvalue weighted by atomic mass is 35.5. The molecule has 5 nitrogen and oxygen atoms in total. The molecule has 0 saturated carbocycles. The van der Waals surface area contributed by atoms with Gasteiger partial charge in [0.25, 0.3) is 5.91 Å². The number of halogens is 1. The zero-order valence-corrected chi connectivity index (χ0v) is 15.6. The number of carbonyl (C=O) groups is 2. The summed E-state index contributed by atoms with van der Waals surface area (Å²) >= 11 is 5.86. The van der Waals surface area contributed by atoms with Crippen molar-refractivity contribution >= 4 is 34.4 Å². The van der Waals surface area contributed by atoms with Crippen molar-refractivity contribution in [3.8, 4) is 0 Å². The number of carbonyl (C=O) groups excluding carboxylic acids is 2. The second kappa shape index (κ2) is 8.64. The van der Waals surface area contributed by atoms with Crippen LogP contribution in [-0.2, 0) is 16.0 Å². The summed E-state index contributed by atoms with van der Waals surface area (Å²) in [6, 6.07) is 18.2. The van der Waals surface area contributed by atoms with Crippen LogP contribution in [0.2, 0.25) is 5.15 Å². The lowest BCUT2D eigenvalue weighted by molar-refractivity contribution is -0.129. The van der Waals surface area contributed by atoms with Gasteiger partial charge in [0, 0.05) is 11.9 Å². The van der Waals surface area contributed by atoms with Crippen LogP contribution in [0.5, 0.6) is 0 Å². The van der Waals surface area contributed by atoms with E-state index in [1.54, 1.807) is 37.3 Å². The Bertz CT molecular complexity index is 960. The summed E-state index contributed by atoms with van der Waals surface area (Å²) in [5, 5.41) is 3.94. The first kappa shape index (κ1) is 18.9. The molecule has 1 atom stereocenters. The van der Waals surface area contributed by atoms with Gasteiger partial charge in [0.15, 0.2) is 6.10 Å². The number of benzene rings is 2. The first-order chi connectivity index (χ1) is 13.0. The highest BCUT2D eigenvalue weighted by Crippen LogP contribution is 2.18. The highest BCUT2D eigenvalue weighted by Gasteiger charge is 2.18. The first-order valence-electron chi connectivity index (χ1n) is 8.62. The van der Waals surface area contributed by atoms with Crippen LogP contribution in [0.25, 0.3) is 10.9 Å². The van der Waals surface area contributed by atoms with Crippen molar-refractivity contribution in [2.24, 2.45) is 0 Å². The molecular formula is C21H19ClN2O3. The quantitative estimate of drug-likeness (QED) is 0.520. The molecule has 27 heavy (non-hydrogen) atoms. The number of pyridine rings is 1. The third-order valence-electron chi connectivity index (χ3n) is 4.10. The molecule has 1 unspecified atom stereocenters. The molecule has 1 amide bonds. The fraction of sp³-hybridized carbons (Fsp3) is 0.190. The van der Waals surface area contributed by atoms with Crippen LogP contribution in [0.4, 0.5) is 0 Å². The maximum atomic E-state index is 12.3. The number of esters is 1. The topological polar surface area (TPSA) is 68.3 Å². The summed E-state index contributed by atoms with van der Waals surface area (Å²) in [6.45, 7) is 2.03. The molecular weight excluding hydrogens is 364 g/mol. The van der Waals surface area contributed by atoms with Crippen molar-refractivity contribution in [2.45, 2.75) is 19.4 Å². The number of rotatable bonds is 6. The van der Waals surface area contributed by atoms with Gasteiger partial charge in [-0.05, 0) is 49.2 Å².